The van der Waals surface area contributed by atoms with Crippen LogP contribution < -0.4 is 15.4 Å². The molecule has 0 saturated carbocycles. The molecular formula is C38H45F3N8O5. The third-order valence-electron chi connectivity index (χ3n) is 10.1. The van der Waals surface area contributed by atoms with Crippen LogP contribution in [0.3, 0.4) is 0 Å². The van der Waals surface area contributed by atoms with Gasteiger partial charge in [-0.1, -0.05) is 47.7 Å². The molecule has 1 fully saturated rings. The third kappa shape index (κ3) is 9.42. The van der Waals surface area contributed by atoms with Crippen molar-refractivity contribution >= 4 is 11.8 Å². The summed E-state index contributed by atoms with van der Waals surface area (Å²) in [5, 5.41) is 36.0. The number of nitrogens with zero attached hydrogens (tertiary/aromatic N) is 6. The third-order valence-corrected chi connectivity index (χ3v) is 10.1. The highest BCUT2D eigenvalue weighted by Gasteiger charge is 2.42. The molecule has 5 atom stereocenters. The summed E-state index contributed by atoms with van der Waals surface area (Å²) in [5.74, 6) is -1.47. The molecule has 2 aromatic carbocycles. The zero-order valence-corrected chi connectivity index (χ0v) is 30.1. The van der Waals surface area contributed by atoms with Gasteiger partial charge in [-0.3, -0.25) is 24.4 Å². The number of carbonyl (C=O) groups excluding carboxylic acids is 2. The maximum atomic E-state index is 13.9. The van der Waals surface area contributed by atoms with E-state index in [-0.39, 0.29) is 39.1 Å². The van der Waals surface area contributed by atoms with Gasteiger partial charge in [-0.15, -0.1) is 5.10 Å². The fraction of sp³-hybridized carbons (Fsp3) is 0.447. The van der Waals surface area contributed by atoms with E-state index in [1.54, 1.807) is 58.5 Å². The first-order chi connectivity index (χ1) is 25.8. The van der Waals surface area contributed by atoms with Gasteiger partial charge in [-0.25, -0.2) is 4.68 Å². The number of aliphatic hydroxyl groups is 2. The lowest BCUT2D eigenvalue weighted by Crippen LogP contribution is -2.63. The molecule has 0 spiro atoms. The molecule has 13 nitrogen and oxygen atoms in total. The zero-order valence-electron chi connectivity index (χ0n) is 30.1. The van der Waals surface area contributed by atoms with Crippen molar-refractivity contribution < 1.29 is 37.7 Å². The lowest BCUT2D eigenvalue weighted by Gasteiger charge is -2.47. The maximum Gasteiger partial charge on any atom is 0.405 e. The number of aromatic nitrogens is 4. The van der Waals surface area contributed by atoms with Crippen LogP contribution in [0.25, 0.3) is 5.69 Å². The Morgan fingerprint density at radius 2 is 1.80 bits per heavy atom. The minimum atomic E-state index is -4.62. The van der Waals surface area contributed by atoms with E-state index in [0.717, 1.165) is 11.3 Å². The SMILES string of the molecule is CC(C)(c1cn(-c2ccccc2)nn1)N1CCN(C[C@@H](O)C[C@@H](Cc2cccnc2)C(=O)N[C@H]2c3ccccc3OC[C@H]2O)[C@H](C(=O)NCC(F)(F)F)C1. The number of nitrogens with one attached hydrogen (secondary N) is 2. The van der Waals surface area contributed by atoms with Crippen LogP contribution in [0.15, 0.2) is 85.3 Å². The Balaban J connectivity index is 1.18. The van der Waals surface area contributed by atoms with Gasteiger partial charge in [0.25, 0.3) is 0 Å². The molecule has 2 amide bonds. The molecule has 0 aliphatic carbocycles. The highest BCUT2D eigenvalue weighted by atomic mass is 19.4. The second kappa shape index (κ2) is 16.6. The number of aliphatic hydroxyl groups excluding tert-OH is 2. The summed E-state index contributed by atoms with van der Waals surface area (Å²) >= 11 is 0. The first kappa shape index (κ1) is 38.8. The van der Waals surface area contributed by atoms with Gasteiger partial charge in [-0.05, 0) is 56.5 Å². The Labute approximate surface area is 311 Å². The highest BCUT2D eigenvalue weighted by molar-refractivity contribution is 5.82. The molecule has 2 aromatic heterocycles. The van der Waals surface area contributed by atoms with E-state index in [1.807, 2.05) is 60.5 Å². The molecule has 2 aliphatic rings. The number of para-hydroxylation sites is 2. The van der Waals surface area contributed by atoms with Crippen LogP contribution in [0.2, 0.25) is 0 Å². The van der Waals surface area contributed by atoms with Crippen LogP contribution in [0.5, 0.6) is 5.75 Å². The van der Waals surface area contributed by atoms with E-state index in [9.17, 15) is 33.0 Å². The number of β-amino-alcohol motifs (C(OH)–C–C–N with tert-alkyl or cyclic N) is 1. The highest BCUT2D eigenvalue weighted by Crippen LogP contribution is 2.33. The molecule has 4 N–H and O–H groups in total. The summed E-state index contributed by atoms with van der Waals surface area (Å²) < 4.78 is 47.0. The molecule has 4 aromatic rings. The number of benzene rings is 2. The van der Waals surface area contributed by atoms with Gasteiger partial charge in [0.05, 0.1) is 29.6 Å². The largest absolute Gasteiger partial charge is 0.490 e. The van der Waals surface area contributed by atoms with E-state index in [1.165, 1.54) is 0 Å². The summed E-state index contributed by atoms with van der Waals surface area (Å²) in [6.07, 6.45) is -1.55. The van der Waals surface area contributed by atoms with Crippen LogP contribution in [-0.4, -0.2) is 116 Å². The molecular weight excluding hydrogens is 705 g/mol. The Hall–Kier alpha value is -4.90. The van der Waals surface area contributed by atoms with E-state index in [2.05, 4.69) is 20.6 Å². The molecule has 0 bridgehead atoms. The van der Waals surface area contributed by atoms with Gasteiger partial charge in [0.15, 0.2) is 0 Å². The van der Waals surface area contributed by atoms with Crippen molar-refractivity contribution in [2.75, 3.05) is 39.3 Å². The van der Waals surface area contributed by atoms with Crippen LogP contribution >= 0.6 is 0 Å². The number of hydrogen-bond donors (Lipinski definition) is 4. The first-order valence-corrected chi connectivity index (χ1v) is 17.9. The van der Waals surface area contributed by atoms with Gasteiger partial charge >= 0.3 is 6.18 Å². The van der Waals surface area contributed by atoms with E-state index >= 15 is 0 Å². The van der Waals surface area contributed by atoms with Crippen molar-refractivity contribution in [1.29, 1.82) is 0 Å². The molecule has 0 unspecified atom stereocenters. The Kier molecular flexibility index (Phi) is 12.0. The van der Waals surface area contributed by atoms with E-state index in [0.29, 0.717) is 23.6 Å². The van der Waals surface area contributed by atoms with Gasteiger partial charge in [0.1, 0.15) is 36.7 Å². The Morgan fingerprint density at radius 1 is 1.04 bits per heavy atom. The number of piperazine rings is 1. The summed E-state index contributed by atoms with van der Waals surface area (Å²) in [7, 11) is 0. The number of pyridine rings is 1. The number of alkyl halides is 3. The smallest absolute Gasteiger partial charge is 0.405 e. The topological polar surface area (TPSA) is 158 Å². The summed E-state index contributed by atoms with van der Waals surface area (Å²) in [4.78, 5) is 35.2. The Bertz CT molecular complexity index is 1860. The maximum absolute atomic E-state index is 13.9. The van der Waals surface area contributed by atoms with Crippen LogP contribution in [0.4, 0.5) is 13.2 Å². The lowest BCUT2D eigenvalue weighted by atomic mass is 9.91. The van der Waals surface area contributed by atoms with Gasteiger partial charge < -0.3 is 25.6 Å². The number of ether oxygens (including phenoxy) is 1. The summed E-state index contributed by atoms with van der Waals surface area (Å²) in [6.45, 7) is 2.92. The molecule has 16 heteroatoms. The van der Waals surface area contributed by atoms with Crippen molar-refractivity contribution in [2.45, 2.75) is 62.7 Å². The monoisotopic (exact) mass is 750 g/mol. The second-order valence-electron chi connectivity index (χ2n) is 14.3. The molecule has 288 valence electrons. The number of carbonyl (C=O) groups is 2. The van der Waals surface area contributed by atoms with Crippen LogP contribution in [-0.2, 0) is 21.5 Å². The quantitative estimate of drug-likeness (QED) is 0.160. The summed E-state index contributed by atoms with van der Waals surface area (Å²) in [5.41, 5.74) is 2.03. The van der Waals surface area contributed by atoms with Gasteiger partial charge in [0.2, 0.25) is 11.8 Å². The molecule has 6 rings (SSSR count). The number of amides is 2. The normalized spacial score (nSPS) is 20.7. The van der Waals surface area contributed by atoms with Crippen LogP contribution in [0, 0.1) is 5.92 Å². The van der Waals surface area contributed by atoms with Crippen LogP contribution in [0.1, 0.15) is 43.1 Å². The fourth-order valence-corrected chi connectivity index (χ4v) is 7.07. The predicted molar refractivity (Wildman–Crippen MR) is 191 cm³/mol. The Morgan fingerprint density at radius 3 is 2.54 bits per heavy atom. The number of hydrogen-bond acceptors (Lipinski definition) is 10. The molecule has 1 saturated heterocycles. The summed E-state index contributed by atoms with van der Waals surface area (Å²) in [6, 6.07) is 18.3. The average molecular weight is 751 g/mol. The molecule has 4 heterocycles. The molecule has 0 radical (unpaired) electrons. The zero-order chi connectivity index (χ0) is 38.5. The fourth-order valence-electron chi connectivity index (χ4n) is 7.07. The number of halogens is 3. The lowest BCUT2D eigenvalue weighted by molar-refractivity contribution is -0.144. The van der Waals surface area contributed by atoms with Gasteiger partial charge in [-0.2, -0.15) is 13.2 Å². The molecule has 54 heavy (non-hydrogen) atoms. The standard InChI is InChI=1S/C38H45F3N8O5/c1-37(2,33-22-49(46-45-33)27-10-4-3-5-11-27)48-16-15-47(30(21-48)36(53)43-24-38(39,40)41)20-28(50)18-26(17-25-9-8-14-42-19-25)35(52)44-34-29-12-6-7-13-32(29)54-23-31(34)51/h3-14,19,22,26,28,30-31,34,50-51H,15-18,20-21,23-24H2,1-2H3,(H,43,53)(H,44,52)/t26-,28+,30+,31-,34+/m1/s1. The van der Waals surface area contributed by atoms with Crippen molar-refractivity contribution in [3.05, 3.63) is 102 Å². The van der Waals surface area contributed by atoms with Crippen molar-refractivity contribution in [1.82, 2.24) is 40.4 Å². The molecule has 2 aliphatic heterocycles. The van der Waals surface area contributed by atoms with E-state index in [4.69, 9.17) is 4.74 Å². The van der Waals surface area contributed by atoms with E-state index < -0.39 is 60.3 Å². The second-order valence-corrected chi connectivity index (χ2v) is 14.3. The van der Waals surface area contributed by atoms with Crippen molar-refractivity contribution in [2.24, 2.45) is 5.92 Å². The van der Waals surface area contributed by atoms with Crippen molar-refractivity contribution in [3.63, 3.8) is 0 Å². The first-order valence-electron chi connectivity index (χ1n) is 17.9. The minimum Gasteiger partial charge on any atom is -0.490 e. The number of fused-ring (bicyclic) bond motifs is 1. The van der Waals surface area contributed by atoms with Gasteiger partial charge in [0, 0.05) is 50.1 Å². The number of rotatable bonds is 13. The average Bonchev–Trinajstić information content (AvgIpc) is 3.67. The van der Waals surface area contributed by atoms with Crippen molar-refractivity contribution in [3.8, 4) is 11.4 Å². The predicted octanol–water partition coefficient (Wildman–Crippen LogP) is 2.78. The minimum absolute atomic E-state index is 0.0101.